The van der Waals surface area contributed by atoms with Crippen molar-refractivity contribution in [2.75, 3.05) is 26.2 Å². The van der Waals surface area contributed by atoms with Crippen LogP contribution < -0.4 is 5.32 Å². The molecule has 1 amide bonds. The second-order valence-corrected chi connectivity index (χ2v) is 7.20. The summed E-state index contributed by atoms with van der Waals surface area (Å²) in [6.45, 7) is 8.74. The van der Waals surface area contributed by atoms with Gasteiger partial charge in [0.2, 0.25) is 0 Å². The molecule has 1 saturated heterocycles. The Labute approximate surface area is 149 Å². The number of nitrogens with zero attached hydrogens (tertiary/aromatic N) is 1. The molecule has 25 heavy (non-hydrogen) atoms. The van der Waals surface area contributed by atoms with Gasteiger partial charge in [-0.3, -0.25) is 9.69 Å². The van der Waals surface area contributed by atoms with E-state index in [9.17, 15) is 9.90 Å². The highest BCUT2D eigenvalue weighted by Gasteiger charge is 2.22. The smallest absolute Gasteiger partial charge is 0.268 e. The second-order valence-electron chi connectivity index (χ2n) is 7.20. The van der Waals surface area contributed by atoms with Crippen LogP contribution in [0.4, 0.5) is 0 Å². The van der Waals surface area contributed by atoms with E-state index >= 15 is 0 Å². The Hall–Kier alpha value is -1.85. The number of benzene rings is 1. The molecule has 5 heteroatoms. The van der Waals surface area contributed by atoms with Gasteiger partial charge < -0.3 is 15.4 Å². The fourth-order valence-electron chi connectivity index (χ4n) is 3.99. The van der Waals surface area contributed by atoms with E-state index in [0.717, 1.165) is 41.5 Å². The van der Waals surface area contributed by atoms with E-state index < -0.39 is 0 Å². The Bertz CT molecular complexity index is 766. The highest BCUT2D eigenvalue weighted by Crippen LogP contribution is 2.27. The van der Waals surface area contributed by atoms with Gasteiger partial charge in [0.1, 0.15) is 5.69 Å². The minimum absolute atomic E-state index is 0.0509. The van der Waals surface area contributed by atoms with Crippen molar-refractivity contribution in [1.29, 1.82) is 0 Å². The summed E-state index contributed by atoms with van der Waals surface area (Å²) in [6.07, 6.45) is 3.40. The molecule has 0 spiro atoms. The number of amides is 1. The summed E-state index contributed by atoms with van der Waals surface area (Å²) < 4.78 is 0. The normalized spacial score (nSPS) is 18.6. The topological polar surface area (TPSA) is 68.4 Å². The molecular formula is C20H29N3O2. The standard InChI is InChI=1S/C20H29N3O2/c1-13-7-8-14(2)18-17(13)15(3)19(22-18)20(25)21-9-11-23-10-5-4-6-16(23)12-24/h7-8,16,22,24H,4-6,9-12H2,1-3H3,(H,21,25)/t16-/m1/s1. The van der Waals surface area contributed by atoms with E-state index in [-0.39, 0.29) is 18.6 Å². The van der Waals surface area contributed by atoms with E-state index in [0.29, 0.717) is 12.2 Å². The number of H-pyrrole nitrogens is 1. The maximum atomic E-state index is 12.6. The zero-order valence-electron chi connectivity index (χ0n) is 15.5. The molecule has 0 radical (unpaired) electrons. The quantitative estimate of drug-likeness (QED) is 0.782. The van der Waals surface area contributed by atoms with Crippen molar-refractivity contribution in [2.24, 2.45) is 0 Å². The number of nitrogens with one attached hydrogen (secondary N) is 2. The van der Waals surface area contributed by atoms with E-state index in [4.69, 9.17) is 0 Å². The number of hydrogen-bond donors (Lipinski definition) is 3. The first-order chi connectivity index (χ1) is 12.0. The summed E-state index contributed by atoms with van der Waals surface area (Å²) in [4.78, 5) is 18.2. The third kappa shape index (κ3) is 3.58. The lowest BCUT2D eigenvalue weighted by Gasteiger charge is -2.34. The van der Waals surface area contributed by atoms with E-state index in [1.54, 1.807) is 0 Å². The largest absolute Gasteiger partial charge is 0.395 e. The molecule has 2 heterocycles. The number of aromatic nitrogens is 1. The fourth-order valence-corrected chi connectivity index (χ4v) is 3.99. The third-order valence-corrected chi connectivity index (χ3v) is 5.49. The van der Waals surface area contributed by atoms with Crippen molar-refractivity contribution in [2.45, 2.75) is 46.1 Å². The van der Waals surface area contributed by atoms with Crippen LogP contribution in [-0.4, -0.2) is 53.2 Å². The molecule has 5 nitrogen and oxygen atoms in total. The Morgan fingerprint density at radius 2 is 2.04 bits per heavy atom. The maximum absolute atomic E-state index is 12.6. The molecule has 1 aromatic carbocycles. The number of likely N-dealkylation sites (tertiary alicyclic amines) is 1. The number of aliphatic hydroxyl groups is 1. The molecule has 1 aromatic heterocycles. The molecule has 3 rings (SSSR count). The molecule has 136 valence electrons. The van der Waals surface area contributed by atoms with Crippen molar-refractivity contribution in [3.63, 3.8) is 0 Å². The van der Waals surface area contributed by atoms with Crippen LogP contribution in [-0.2, 0) is 0 Å². The van der Waals surface area contributed by atoms with Gasteiger partial charge in [-0.05, 0) is 56.8 Å². The van der Waals surface area contributed by atoms with Gasteiger partial charge in [-0.2, -0.15) is 0 Å². The Balaban J connectivity index is 1.67. The van der Waals surface area contributed by atoms with Crippen molar-refractivity contribution in [3.8, 4) is 0 Å². The summed E-state index contributed by atoms with van der Waals surface area (Å²) >= 11 is 0. The third-order valence-electron chi connectivity index (χ3n) is 5.49. The maximum Gasteiger partial charge on any atom is 0.268 e. The zero-order valence-corrected chi connectivity index (χ0v) is 15.5. The Kier molecular flexibility index (Phi) is 5.45. The summed E-state index contributed by atoms with van der Waals surface area (Å²) in [7, 11) is 0. The molecule has 3 N–H and O–H groups in total. The van der Waals surface area contributed by atoms with Crippen molar-refractivity contribution < 1.29 is 9.90 Å². The summed E-state index contributed by atoms with van der Waals surface area (Å²) in [5.41, 5.74) is 5.07. The Morgan fingerprint density at radius 3 is 2.76 bits per heavy atom. The lowest BCUT2D eigenvalue weighted by atomic mass is 10.0. The molecule has 0 bridgehead atoms. The van der Waals surface area contributed by atoms with Crippen LogP contribution in [0.1, 0.15) is 46.4 Å². The lowest BCUT2D eigenvalue weighted by molar-refractivity contribution is 0.0847. The predicted octanol–water partition coefficient (Wildman–Crippen LogP) is 2.67. The highest BCUT2D eigenvalue weighted by atomic mass is 16.3. The first kappa shape index (κ1) is 18.0. The van der Waals surface area contributed by atoms with Gasteiger partial charge in [-0.25, -0.2) is 0 Å². The van der Waals surface area contributed by atoms with Gasteiger partial charge in [0, 0.05) is 30.0 Å². The number of carbonyl (C=O) groups is 1. The Morgan fingerprint density at radius 1 is 1.28 bits per heavy atom. The number of aryl methyl sites for hydroxylation is 3. The first-order valence-corrected chi connectivity index (χ1v) is 9.24. The minimum atomic E-state index is -0.0509. The molecule has 0 unspecified atom stereocenters. The number of aromatic amines is 1. The van der Waals surface area contributed by atoms with Gasteiger partial charge in [-0.1, -0.05) is 18.6 Å². The van der Waals surface area contributed by atoms with Gasteiger partial charge in [0.25, 0.3) is 5.91 Å². The van der Waals surface area contributed by atoms with Crippen molar-refractivity contribution in [1.82, 2.24) is 15.2 Å². The molecule has 2 aromatic rings. The van der Waals surface area contributed by atoms with Crippen LogP contribution in [0.5, 0.6) is 0 Å². The number of carbonyl (C=O) groups excluding carboxylic acids is 1. The summed E-state index contributed by atoms with van der Waals surface area (Å²) in [6, 6.07) is 4.43. The highest BCUT2D eigenvalue weighted by molar-refractivity contribution is 6.02. The first-order valence-electron chi connectivity index (χ1n) is 9.24. The van der Waals surface area contributed by atoms with Gasteiger partial charge in [0.05, 0.1) is 6.61 Å². The van der Waals surface area contributed by atoms with Crippen LogP contribution in [0.15, 0.2) is 12.1 Å². The molecular weight excluding hydrogens is 314 g/mol. The van der Waals surface area contributed by atoms with E-state index in [1.165, 1.54) is 18.4 Å². The average Bonchev–Trinajstić information content (AvgIpc) is 2.97. The van der Waals surface area contributed by atoms with Crippen LogP contribution in [0.2, 0.25) is 0 Å². The van der Waals surface area contributed by atoms with E-state index in [2.05, 4.69) is 41.2 Å². The fraction of sp³-hybridized carbons (Fsp3) is 0.550. The molecule has 0 saturated carbocycles. The number of fused-ring (bicyclic) bond motifs is 1. The minimum Gasteiger partial charge on any atom is -0.395 e. The van der Waals surface area contributed by atoms with Gasteiger partial charge in [0.15, 0.2) is 0 Å². The number of rotatable bonds is 5. The SMILES string of the molecule is Cc1ccc(C)c2c(C)c(C(=O)NCCN3CCCC[C@@H]3CO)[nH]c12. The number of aliphatic hydroxyl groups excluding tert-OH is 1. The summed E-state index contributed by atoms with van der Waals surface area (Å²) in [5.74, 6) is -0.0509. The van der Waals surface area contributed by atoms with Gasteiger partial charge in [-0.15, -0.1) is 0 Å². The molecule has 1 aliphatic heterocycles. The average molecular weight is 343 g/mol. The number of hydrogen-bond acceptors (Lipinski definition) is 3. The number of piperidine rings is 1. The lowest BCUT2D eigenvalue weighted by Crippen LogP contribution is -2.45. The monoisotopic (exact) mass is 343 g/mol. The zero-order chi connectivity index (χ0) is 18.0. The van der Waals surface area contributed by atoms with Crippen LogP contribution >= 0.6 is 0 Å². The van der Waals surface area contributed by atoms with Gasteiger partial charge >= 0.3 is 0 Å². The predicted molar refractivity (Wildman–Crippen MR) is 101 cm³/mol. The second kappa shape index (κ2) is 7.58. The van der Waals surface area contributed by atoms with Crippen molar-refractivity contribution >= 4 is 16.8 Å². The van der Waals surface area contributed by atoms with E-state index in [1.807, 2.05) is 6.92 Å². The summed E-state index contributed by atoms with van der Waals surface area (Å²) in [5, 5.41) is 13.7. The van der Waals surface area contributed by atoms with Crippen molar-refractivity contribution in [3.05, 3.63) is 34.5 Å². The molecule has 0 aliphatic carbocycles. The molecule has 1 atom stereocenters. The molecule has 1 aliphatic rings. The molecule has 1 fully saturated rings. The van der Waals surface area contributed by atoms with Crippen LogP contribution in [0.25, 0.3) is 10.9 Å². The van der Waals surface area contributed by atoms with Crippen LogP contribution in [0, 0.1) is 20.8 Å². The van der Waals surface area contributed by atoms with Crippen LogP contribution in [0.3, 0.4) is 0 Å².